The van der Waals surface area contributed by atoms with Crippen molar-refractivity contribution in [1.29, 1.82) is 0 Å². The van der Waals surface area contributed by atoms with Gasteiger partial charge in [0.15, 0.2) is 12.3 Å². The highest BCUT2D eigenvalue weighted by Gasteiger charge is 2.47. The van der Waals surface area contributed by atoms with Gasteiger partial charge in [-0.05, 0) is 24.3 Å². The number of piperidine rings is 3. The standard InChI is InChI=1S/C21H21N2O2S.ClH/c24-18-13-23(11-9-15(18)10-12-23)14-21(25)22-16-5-1-3-7-19(16)26-20-8-4-2-6-17(20)22;/h1-8,15H,9-14H2;1H/q+1;/p-1. The molecule has 0 spiro atoms. The zero-order valence-corrected chi connectivity index (χ0v) is 16.5. The quantitative estimate of drug-likeness (QED) is 0.694. The number of hydrogen-bond acceptors (Lipinski definition) is 3. The predicted octanol–water partition coefficient (Wildman–Crippen LogP) is 0.629. The lowest BCUT2D eigenvalue weighted by atomic mass is 9.84. The maximum Gasteiger partial charge on any atom is 0.286 e. The molecular weight excluding hydrogens is 380 g/mol. The first-order valence-corrected chi connectivity index (χ1v) is 10.0. The normalized spacial score (nSPS) is 25.4. The highest BCUT2D eigenvalue weighted by atomic mass is 35.5. The van der Waals surface area contributed by atoms with Crippen LogP contribution in [0.3, 0.4) is 0 Å². The van der Waals surface area contributed by atoms with E-state index in [0.29, 0.717) is 23.4 Å². The number of benzene rings is 2. The minimum absolute atomic E-state index is 0. The first kappa shape index (κ1) is 18.5. The highest BCUT2D eigenvalue weighted by molar-refractivity contribution is 7.99. The van der Waals surface area contributed by atoms with Gasteiger partial charge in [-0.2, -0.15) is 0 Å². The van der Waals surface area contributed by atoms with Gasteiger partial charge in [-0.15, -0.1) is 0 Å². The number of Topliss-reactive ketones (excluding diaryl/α,β-unsaturated/α-hetero) is 1. The molecule has 4 aliphatic rings. The van der Waals surface area contributed by atoms with Crippen LogP contribution < -0.4 is 17.3 Å². The predicted molar refractivity (Wildman–Crippen MR) is 102 cm³/mol. The average molecular weight is 401 g/mol. The minimum Gasteiger partial charge on any atom is -1.00 e. The lowest BCUT2D eigenvalue weighted by Gasteiger charge is -2.48. The van der Waals surface area contributed by atoms with Gasteiger partial charge in [0, 0.05) is 28.6 Å². The molecule has 0 N–H and O–H groups in total. The Balaban J connectivity index is 0.00000180. The van der Waals surface area contributed by atoms with Gasteiger partial charge in [0.1, 0.15) is 6.54 Å². The van der Waals surface area contributed by atoms with Crippen LogP contribution in [-0.4, -0.2) is 42.4 Å². The molecule has 2 aromatic rings. The summed E-state index contributed by atoms with van der Waals surface area (Å²) in [6.07, 6.45) is 1.88. The van der Waals surface area contributed by atoms with E-state index in [-0.39, 0.29) is 24.2 Å². The number of carbonyl (C=O) groups excluding carboxylic acids is 2. The second-order valence-electron chi connectivity index (χ2n) is 7.61. The highest BCUT2D eigenvalue weighted by Crippen LogP contribution is 2.48. The Morgan fingerprint density at radius 3 is 2.11 bits per heavy atom. The Bertz CT molecular complexity index is 863. The molecule has 4 heterocycles. The number of halogens is 1. The summed E-state index contributed by atoms with van der Waals surface area (Å²) in [5, 5.41) is 0. The van der Waals surface area contributed by atoms with Crippen molar-refractivity contribution in [3.63, 3.8) is 0 Å². The van der Waals surface area contributed by atoms with Gasteiger partial charge in [0.2, 0.25) is 0 Å². The van der Waals surface area contributed by atoms with E-state index in [1.54, 1.807) is 11.8 Å². The van der Waals surface area contributed by atoms with E-state index >= 15 is 0 Å². The molecule has 6 heteroatoms. The van der Waals surface area contributed by atoms with Crippen LogP contribution >= 0.6 is 11.8 Å². The largest absolute Gasteiger partial charge is 1.00 e. The number of amides is 1. The molecular formula is C21H21ClN2O2S. The van der Waals surface area contributed by atoms with Gasteiger partial charge in [-0.25, -0.2) is 0 Å². The zero-order valence-electron chi connectivity index (χ0n) is 14.9. The van der Waals surface area contributed by atoms with Crippen LogP contribution in [-0.2, 0) is 9.59 Å². The summed E-state index contributed by atoms with van der Waals surface area (Å²) in [6.45, 7) is 2.84. The van der Waals surface area contributed by atoms with Crippen LogP contribution in [0.1, 0.15) is 12.8 Å². The number of rotatable bonds is 2. The summed E-state index contributed by atoms with van der Waals surface area (Å²) < 4.78 is 0.641. The smallest absolute Gasteiger partial charge is 0.286 e. The molecule has 0 aliphatic carbocycles. The average Bonchev–Trinajstić information content (AvgIpc) is 2.66. The van der Waals surface area contributed by atoms with Crippen LogP contribution in [0.5, 0.6) is 0 Å². The van der Waals surface area contributed by atoms with Gasteiger partial charge in [-0.3, -0.25) is 14.5 Å². The fraction of sp³-hybridized carbons (Fsp3) is 0.333. The third-order valence-corrected chi connectivity index (χ3v) is 7.13. The number of para-hydroxylation sites is 2. The molecule has 3 saturated heterocycles. The monoisotopic (exact) mass is 400 g/mol. The maximum atomic E-state index is 13.5. The van der Waals surface area contributed by atoms with E-state index in [2.05, 4.69) is 12.1 Å². The van der Waals surface area contributed by atoms with Crippen LogP contribution in [0.25, 0.3) is 0 Å². The van der Waals surface area contributed by atoms with Crippen molar-refractivity contribution in [3.8, 4) is 0 Å². The van der Waals surface area contributed by atoms with Crippen molar-refractivity contribution < 1.29 is 26.5 Å². The molecule has 6 rings (SSSR count). The topological polar surface area (TPSA) is 37.4 Å². The Morgan fingerprint density at radius 1 is 1.00 bits per heavy atom. The molecule has 4 aliphatic heterocycles. The first-order chi connectivity index (χ1) is 12.7. The van der Waals surface area contributed by atoms with E-state index < -0.39 is 0 Å². The van der Waals surface area contributed by atoms with Gasteiger partial charge >= 0.3 is 0 Å². The second kappa shape index (κ2) is 6.97. The molecule has 27 heavy (non-hydrogen) atoms. The number of carbonyl (C=O) groups is 2. The van der Waals surface area contributed by atoms with Crippen LogP contribution in [0, 0.1) is 5.92 Å². The molecule has 0 aromatic heterocycles. The third-order valence-electron chi connectivity index (χ3n) is 6.00. The number of hydrogen-bond donors (Lipinski definition) is 0. The van der Waals surface area contributed by atoms with Crippen LogP contribution in [0.4, 0.5) is 11.4 Å². The summed E-state index contributed by atoms with van der Waals surface area (Å²) in [5.41, 5.74) is 1.91. The molecule has 0 saturated carbocycles. The van der Waals surface area contributed by atoms with E-state index in [0.717, 1.165) is 47.1 Å². The third kappa shape index (κ3) is 3.08. The van der Waals surface area contributed by atoms with Gasteiger partial charge in [-0.1, -0.05) is 36.0 Å². The van der Waals surface area contributed by atoms with E-state index in [9.17, 15) is 9.59 Å². The summed E-state index contributed by atoms with van der Waals surface area (Å²) in [6, 6.07) is 16.2. The SMILES string of the molecule is O=C1C[N+]2(CC(=O)N3c4ccccc4Sc4ccccc43)CCC1CC2.[Cl-]. The van der Waals surface area contributed by atoms with E-state index in [1.165, 1.54) is 0 Å². The van der Waals surface area contributed by atoms with Crippen molar-refractivity contribution in [1.82, 2.24) is 0 Å². The summed E-state index contributed by atoms with van der Waals surface area (Å²) in [5.74, 6) is 0.696. The lowest BCUT2D eigenvalue weighted by molar-refractivity contribution is -0.923. The fourth-order valence-corrected chi connectivity index (χ4v) is 5.66. The summed E-state index contributed by atoms with van der Waals surface area (Å²) >= 11 is 1.71. The first-order valence-electron chi connectivity index (χ1n) is 9.22. The minimum atomic E-state index is 0. The second-order valence-corrected chi connectivity index (χ2v) is 8.70. The summed E-state index contributed by atoms with van der Waals surface area (Å²) in [7, 11) is 0. The van der Waals surface area contributed by atoms with Gasteiger partial charge in [0.25, 0.3) is 5.91 Å². The molecule has 2 aromatic carbocycles. The van der Waals surface area contributed by atoms with E-state index in [4.69, 9.17) is 0 Å². The number of ketones is 1. The van der Waals surface area contributed by atoms with Crippen molar-refractivity contribution in [2.45, 2.75) is 22.6 Å². The van der Waals surface area contributed by atoms with Gasteiger partial charge in [0.05, 0.1) is 24.5 Å². The van der Waals surface area contributed by atoms with E-state index in [1.807, 2.05) is 41.3 Å². The van der Waals surface area contributed by atoms with Gasteiger partial charge < -0.3 is 16.9 Å². The Kier molecular flexibility index (Phi) is 4.78. The van der Waals surface area contributed by atoms with Crippen LogP contribution in [0.15, 0.2) is 58.3 Å². The van der Waals surface area contributed by atoms with Crippen molar-refractivity contribution in [2.24, 2.45) is 5.92 Å². The molecule has 0 atom stereocenters. The summed E-state index contributed by atoms with van der Waals surface area (Å²) in [4.78, 5) is 29.8. The number of fused-ring (bicyclic) bond motifs is 5. The number of anilines is 2. The molecule has 0 unspecified atom stereocenters. The van der Waals surface area contributed by atoms with Crippen molar-refractivity contribution in [3.05, 3.63) is 48.5 Å². The van der Waals surface area contributed by atoms with Crippen LogP contribution in [0.2, 0.25) is 0 Å². The van der Waals surface area contributed by atoms with Crippen molar-refractivity contribution in [2.75, 3.05) is 31.1 Å². The zero-order chi connectivity index (χ0) is 17.7. The Hall–Kier alpha value is -1.82. The molecule has 140 valence electrons. The number of nitrogens with zero attached hydrogens (tertiary/aromatic N) is 2. The Morgan fingerprint density at radius 2 is 1.56 bits per heavy atom. The molecule has 0 radical (unpaired) electrons. The molecule has 4 nitrogen and oxygen atoms in total. The Labute approximate surface area is 169 Å². The number of quaternary nitrogens is 1. The molecule has 3 fully saturated rings. The molecule has 1 amide bonds. The lowest BCUT2D eigenvalue weighted by Crippen LogP contribution is -3.00. The molecule has 2 bridgehead atoms. The maximum absolute atomic E-state index is 13.5. The fourth-order valence-electron chi connectivity index (χ4n) is 4.60. The van der Waals surface area contributed by atoms with Crippen molar-refractivity contribution >= 4 is 34.8 Å².